The normalized spacial score (nSPS) is 9.78. The van der Waals surface area contributed by atoms with Crippen molar-refractivity contribution in [3.63, 3.8) is 0 Å². The van der Waals surface area contributed by atoms with Crippen LogP contribution >= 0.6 is 12.4 Å². The van der Waals surface area contributed by atoms with Crippen molar-refractivity contribution >= 4 is 24.1 Å². The predicted molar refractivity (Wildman–Crippen MR) is 71.3 cm³/mol. The molecule has 1 rings (SSSR count). The first-order valence-corrected chi connectivity index (χ1v) is 5.32. The van der Waals surface area contributed by atoms with E-state index >= 15 is 0 Å². The van der Waals surface area contributed by atoms with Crippen LogP contribution in [0.15, 0.2) is 18.2 Å². The van der Waals surface area contributed by atoms with Gasteiger partial charge in [-0.05, 0) is 17.7 Å². The number of rotatable bonds is 4. The molecule has 0 saturated heterocycles. The second-order valence-corrected chi connectivity index (χ2v) is 4.10. The third-order valence-electron chi connectivity index (χ3n) is 2.31. The second-order valence-electron chi connectivity index (χ2n) is 4.10. The molecule has 0 fully saturated rings. The van der Waals surface area contributed by atoms with Gasteiger partial charge in [0.15, 0.2) is 0 Å². The molecule has 100 valence electrons. The van der Waals surface area contributed by atoms with Gasteiger partial charge in [-0.2, -0.15) is 0 Å². The third-order valence-corrected chi connectivity index (χ3v) is 2.31. The topological polar surface area (TPSA) is 79.0 Å². The monoisotopic (exact) mass is 273 g/mol. The number of hydrogen-bond acceptors (Lipinski definition) is 2. The lowest BCUT2D eigenvalue weighted by Crippen LogP contribution is -2.27. The minimum Gasteiger partial charge on any atom is -0.384 e. The summed E-state index contributed by atoms with van der Waals surface area (Å²) in [5, 5.41) is 9.92. The number of hydrogen-bond donors (Lipinski definition) is 3. The molecule has 1 amide bonds. The van der Waals surface area contributed by atoms with Gasteiger partial charge in [0, 0.05) is 12.5 Å². The van der Waals surface area contributed by atoms with Gasteiger partial charge in [-0.1, -0.05) is 19.9 Å². The summed E-state index contributed by atoms with van der Waals surface area (Å²) in [7, 11) is 0. The second kappa shape index (κ2) is 6.96. The first kappa shape index (κ1) is 16.4. The number of nitrogens with one attached hydrogen (secondary N) is 2. The number of carbonyl (C=O) groups is 1. The van der Waals surface area contributed by atoms with Gasteiger partial charge < -0.3 is 11.1 Å². The van der Waals surface area contributed by atoms with Crippen molar-refractivity contribution < 1.29 is 9.18 Å². The Labute approximate surface area is 112 Å². The fourth-order valence-corrected chi connectivity index (χ4v) is 1.28. The number of nitrogens with two attached hydrogens (primary N) is 1. The minimum absolute atomic E-state index is 0. The molecule has 0 spiro atoms. The van der Waals surface area contributed by atoms with Crippen LogP contribution in [0, 0.1) is 17.1 Å². The van der Waals surface area contributed by atoms with Crippen LogP contribution in [0.3, 0.4) is 0 Å². The van der Waals surface area contributed by atoms with Crippen LogP contribution in [0.25, 0.3) is 0 Å². The van der Waals surface area contributed by atoms with Gasteiger partial charge in [0.25, 0.3) is 0 Å². The van der Waals surface area contributed by atoms with Gasteiger partial charge in [0.2, 0.25) is 5.91 Å². The zero-order valence-electron chi connectivity index (χ0n) is 10.3. The molecule has 4 nitrogen and oxygen atoms in total. The largest absolute Gasteiger partial charge is 0.384 e. The van der Waals surface area contributed by atoms with E-state index in [-0.39, 0.29) is 35.6 Å². The summed E-state index contributed by atoms with van der Waals surface area (Å²) in [5.41, 5.74) is 6.01. The molecule has 0 aliphatic carbocycles. The molecule has 0 bridgehead atoms. The summed E-state index contributed by atoms with van der Waals surface area (Å²) < 4.78 is 13.2. The van der Waals surface area contributed by atoms with E-state index in [0.29, 0.717) is 12.1 Å². The average Bonchev–Trinajstić information content (AvgIpc) is 2.26. The van der Waals surface area contributed by atoms with E-state index in [4.69, 9.17) is 11.1 Å². The van der Waals surface area contributed by atoms with E-state index < -0.39 is 5.82 Å². The summed E-state index contributed by atoms with van der Waals surface area (Å²) in [4.78, 5) is 11.3. The molecular weight excluding hydrogens is 257 g/mol. The van der Waals surface area contributed by atoms with E-state index in [2.05, 4.69) is 5.32 Å². The number of carbonyl (C=O) groups excluding carboxylic acids is 1. The molecule has 6 heteroatoms. The lowest BCUT2D eigenvalue weighted by molar-refractivity contribution is -0.124. The van der Waals surface area contributed by atoms with Crippen LogP contribution in [0.4, 0.5) is 4.39 Å². The number of nitrogen functional groups attached to an aromatic ring is 1. The van der Waals surface area contributed by atoms with E-state index in [9.17, 15) is 9.18 Å². The third kappa shape index (κ3) is 4.33. The maximum absolute atomic E-state index is 13.2. The van der Waals surface area contributed by atoms with Gasteiger partial charge in [0.05, 0.1) is 5.56 Å². The van der Waals surface area contributed by atoms with Crippen molar-refractivity contribution in [2.24, 2.45) is 11.7 Å². The molecule has 1 aromatic carbocycles. The lowest BCUT2D eigenvalue weighted by Gasteiger charge is -2.09. The van der Waals surface area contributed by atoms with Crippen LogP contribution < -0.4 is 11.1 Å². The maximum Gasteiger partial charge on any atom is 0.222 e. The molecule has 0 aliphatic rings. The molecule has 0 atom stereocenters. The standard InChI is InChI=1S/C12H16FN3O.ClH/c1-7(2)12(17)16-6-8-3-4-10(13)9(5-8)11(14)15;/h3-5,7H,6H2,1-2H3,(H3,14,15)(H,16,17);1H. The van der Waals surface area contributed by atoms with Crippen molar-refractivity contribution in [1.82, 2.24) is 5.32 Å². The van der Waals surface area contributed by atoms with Crippen molar-refractivity contribution in [3.05, 3.63) is 35.1 Å². The number of benzene rings is 1. The quantitative estimate of drug-likeness (QED) is 0.578. The Balaban J connectivity index is 0.00000289. The van der Waals surface area contributed by atoms with Gasteiger partial charge in [0.1, 0.15) is 11.7 Å². The van der Waals surface area contributed by atoms with Crippen molar-refractivity contribution in [3.8, 4) is 0 Å². The highest BCUT2D eigenvalue weighted by Gasteiger charge is 2.09. The van der Waals surface area contributed by atoms with Gasteiger partial charge >= 0.3 is 0 Å². The minimum atomic E-state index is -0.531. The van der Waals surface area contributed by atoms with E-state index in [1.54, 1.807) is 19.9 Å². The molecule has 1 aromatic rings. The van der Waals surface area contributed by atoms with Gasteiger partial charge in [-0.3, -0.25) is 10.2 Å². The molecule has 0 radical (unpaired) electrons. The zero-order valence-corrected chi connectivity index (χ0v) is 11.1. The van der Waals surface area contributed by atoms with Crippen LogP contribution in [0.2, 0.25) is 0 Å². The van der Waals surface area contributed by atoms with E-state index in [0.717, 1.165) is 0 Å². The molecule has 0 unspecified atom stereocenters. The molecule has 0 saturated carbocycles. The molecule has 0 heterocycles. The Morgan fingerprint density at radius 3 is 2.61 bits per heavy atom. The maximum atomic E-state index is 13.2. The highest BCUT2D eigenvalue weighted by molar-refractivity contribution is 5.95. The lowest BCUT2D eigenvalue weighted by atomic mass is 10.1. The molecule has 0 aromatic heterocycles. The Morgan fingerprint density at radius 2 is 2.11 bits per heavy atom. The molecule has 18 heavy (non-hydrogen) atoms. The molecular formula is C12H17ClFN3O. The highest BCUT2D eigenvalue weighted by Crippen LogP contribution is 2.10. The van der Waals surface area contributed by atoms with Crippen molar-refractivity contribution in [2.75, 3.05) is 0 Å². The van der Waals surface area contributed by atoms with Gasteiger partial charge in [-0.15, -0.1) is 12.4 Å². The Kier molecular flexibility index (Phi) is 6.33. The Hall–Kier alpha value is -1.62. The first-order chi connectivity index (χ1) is 7.91. The fourth-order valence-electron chi connectivity index (χ4n) is 1.28. The van der Waals surface area contributed by atoms with Crippen LogP contribution in [0.5, 0.6) is 0 Å². The predicted octanol–water partition coefficient (Wildman–Crippen LogP) is 1.80. The summed E-state index contributed by atoms with van der Waals surface area (Å²) in [6, 6.07) is 4.27. The first-order valence-electron chi connectivity index (χ1n) is 5.32. The van der Waals surface area contributed by atoms with E-state index in [1.165, 1.54) is 12.1 Å². The number of amides is 1. The summed E-state index contributed by atoms with van der Waals surface area (Å²) in [5.74, 6) is -1.02. The van der Waals surface area contributed by atoms with Crippen molar-refractivity contribution in [2.45, 2.75) is 20.4 Å². The fraction of sp³-hybridized carbons (Fsp3) is 0.333. The van der Waals surface area contributed by atoms with E-state index in [1.807, 2.05) is 0 Å². The van der Waals surface area contributed by atoms with Crippen molar-refractivity contribution in [1.29, 1.82) is 5.41 Å². The highest BCUT2D eigenvalue weighted by atomic mass is 35.5. The Morgan fingerprint density at radius 1 is 1.50 bits per heavy atom. The average molecular weight is 274 g/mol. The van der Waals surface area contributed by atoms with Crippen LogP contribution in [0.1, 0.15) is 25.0 Å². The van der Waals surface area contributed by atoms with Crippen LogP contribution in [-0.2, 0) is 11.3 Å². The summed E-state index contributed by atoms with van der Waals surface area (Å²) in [6.45, 7) is 3.89. The zero-order chi connectivity index (χ0) is 13.0. The summed E-state index contributed by atoms with van der Waals surface area (Å²) >= 11 is 0. The molecule has 0 aliphatic heterocycles. The van der Waals surface area contributed by atoms with Crippen LogP contribution in [-0.4, -0.2) is 11.7 Å². The smallest absolute Gasteiger partial charge is 0.222 e. The summed E-state index contributed by atoms with van der Waals surface area (Å²) in [6.07, 6.45) is 0. The SMILES string of the molecule is CC(C)C(=O)NCc1ccc(F)c(C(=N)N)c1.Cl. The van der Waals surface area contributed by atoms with Gasteiger partial charge in [-0.25, -0.2) is 4.39 Å². The Bertz CT molecular complexity index is 449. The number of amidine groups is 1. The number of halogens is 2. The molecule has 4 N–H and O–H groups in total.